The molecule has 0 spiro atoms. The van der Waals surface area contributed by atoms with Crippen LogP contribution in [0.25, 0.3) is 0 Å². The second kappa shape index (κ2) is 11.3. The molecule has 2 aromatic rings. The van der Waals surface area contributed by atoms with Gasteiger partial charge in [-0.15, -0.1) is 11.3 Å². The number of anilines is 1. The number of aromatic carboxylic acids is 1. The van der Waals surface area contributed by atoms with Crippen LogP contribution in [0.1, 0.15) is 72.0 Å². The Balaban J connectivity index is 1.50. The Kier molecular flexibility index (Phi) is 8.46. The SMILES string of the molecule is CCCCCCCc1ccc(N2C(=O)CC[C@H]2COCc2ccc(C(=O)O)s2)cc1. The van der Waals surface area contributed by atoms with Gasteiger partial charge in [-0.1, -0.05) is 44.7 Å². The predicted octanol–water partition coefficient (Wildman–Crippen LogP) is 5.67. The van der Waals surface area contributed by atoms with E-state index in [1.807, 2.05) is 4.90 Å². The van der Waals surface area contributed by atoms with Gasteiger partial charge in [0.2, 0.25) is 5.91 Å². The molecule has 1 saturated heterocycles. The van der Waals surface area contributed by atoms with Gasteiger partial charge in [0.1, 0.15) is 4.88 Å². The second-order valence-corrected chi connectivity index (χ2v) is 9.04. The summed E-state index contributed by atoms with van der Waals surface area (Å²) in [7, 11) is 0. The monoisotopic (exact) mass is 429 g/mol. The molecule has 1 aliphatic rings. The number of carboxylic acid groups (broad SMARTS) is 1. The van der Waals surface area contributed by atoms with E-state index in [1.54, 1.807) is 12.1 Å². The number of carbonyl (C=O) groups excluding carboxylic acids is 1. The summed E-state index contributed by atoms with van der Waals surface area (Å²) >= 11 is 1.23. The molecule has 1 amide bonds. The van der Waals surface area contributed by atoms with Crippen molar-refractivity contribution in [2.75, 3.05) is 11.5 Å². The molecule has 1 aromatic carbocycles. The Bertz CT molecular complexity index is 830. The van der Waals surface area contributed by atoms with Crippen LogP contribution < -0.4 is 4.90 Å². The highest BCUT2D eigenvalue weighted by Crippen LogP contribution is 2.28. The first kappa shape index (κ1) is 22.5. The van der Waals surface area contributed by atoms with Gasteiger partial charge in [-0.3, -0.25) is 4.79 Å². The lowest BCUT2D eigenvalue weighted by Crippen LogP contribution is -2.36. The molecule has 6 heteroatoms. The molecule has 1 fully saturated rings. The molecule has 3 rings (SSSR count). The van der Waals surface area contributed by atoms with Crippen molar-refractivity contribution in [2.45, 2.75) is 70.9 Å². The average molecular weight is 430 g/mol. The number of ether oxygens (including phenoxy) is 1. The van der Waals surface area contributed by atoms with E-state index in [2.05, 4.69) is 31.2 Å². The van der Waals surface area contributed by atoms with Gasteiger partial charge in [-0.05, 0) is 49.1 Å². The van der Waals surface area contributed by atoms with Crippen LogP contribution in [0.3, 0.4) is 0 Å². The van der Waals surface area contributed by atoms with Crippen LogP contribution in [0.4, 0.5) is 5.69 Å². The number of nitrogens with zero attached hydrogens (tertiary/aromatic N) is 1. The number of unbranched alkanes of at least 4 members (excludes halogenated alkanes) is 4. The Morgan fingerprint density at radius 1 is 1.13 bits per heavy atom. The van der Waals surface area contributed by atoms with Crippen LogP contribution in [0.15, 0.2) is 36.4 Å². The van der Waals surface area contributed by atoms with Gasteiger partial charge in [-0.25, -0.2) is 4.79 Å². The lowest BCUT2D eigenvalue weighted by Gasteiger charge is -2.25. The van der Waals surface area contributed by atoms with E-state index in [0.29, 0.717) is 24.5 Å². The van der Waals surface area contributed by atoms with E-state index >= 15 is 0 Å². The molecule has 0 bridgehead atoms. The standard InChI is InChI=1S/C24H31NO4S/c1-2-3-4-5-6-7-18-8-10-19(11-9-18)25-20(12-15-23(25)26)16-29-17-21-13-14-22(30-21)24(27)28/h8-11,13-14,20H,2-7,12,15-17H2,1H3,(H,27,28)/t20-/m0/s1. The first-order valence-electron chi connectivity index (χ1n) is 10.9. The molecular weight excluding hydrogens is 398 g/mol. The van der Waals surface area contributed by atoms with Crippen molar-refractivity contribution >= 4 is 28.9 Å². The number of carbonyl (C=O) groups is 2. The average Bonchev–Trinajstić information content (AvgIpc) is 3.36. The fourth-order valence-electron chi connectivity index (χ4n) is 3.88. The Hall–Kier alpha value is -2.18. The van der Waals surface area contributed by atoms with Crippen molar-refractivity contribution in [2.24, 2.45) is 0 Å². The van der Waals surface area contributed by atoms with Crippen LogP contribution in [-0.2, 0) is 22.6 Å². The van der Waals surface area contributed by atoms with Gasteiger partial charge < -0.3 is 14.7 Å². The van der Waals surface area contributed by atoms with Crippen LogP contribution in [0, 0.1) is 0 Å². The summed E-state index contributed by atoms with van der Waals surface area (Å²) in [6.45, 7) is 3.05. The first-order chi connectivity index (χ1) is 14.6. The highest BCUT2D eigenvalue weighted by atomic mass is 32.1. The molecule has 2 heterocycles. The Morgan fingerprint density at radius 2 is 1.90 bits per heavy atom. The molecule has 162 valence electrons. The van der Waals surface area contributed by atoms with Gasteiger partial charge in [0.15, 0.2) is 0 Å². The summed E-state index contributed by atoms with van der Waals surface area (Å²) in [5.74, 6) is -0.775. The van der Waals surface area contributed by atoms with E-state index in [1.165, 1.54) is 49.0 Å². The number of thiophene rings is 1. The topological polar surface area (TPSA) is 66.8 Å². The van der Waals surface area contributed by atoms with Crippen molar-refractivity contribution in [3.05, 3.63) is 51.7 Å². The van der Waals surface area contributed by atoms with Gasteiger partial charge in [-0.2, -0.15) is 0 Å². The summed E-state index contributed by atoms with van der Waals surface area (Å²) in [5, 5.41) is 9.01. The molecule has 1 atom stereocenters. The number of carboxylic acids is 1. The zero-order valence-electron chi connectivity index (χ0n) is 17.6. The van der Waals surface area contributed by atoms with Crippen molar-refractivity contribution in [3.8, 4) is 0 Å². The number of hydrogen-bond acceptors (Lipinski definition) is 4. The maximum Gasteiger partial charge on any atom is 0.345 e. The minimum atomic E-state index is -0.914. The molecule has 1 aromatic heterocycles. The molecule has 0 aliphatic carbocycles. The summed E-state index contributed by atoms with van der Waals surface area (Å²) in [4.78, 5) is 26.5. The molecule has 30 heavy (non-hydrogen) atoms. The van der Waals surface area contributed by atoms with Crippen molar-refractivity contribution in [1.82, 2.24) is 0 Å². The molecule has 1 N–H and O–H groups in total. The van der Waals surface area contributed by atoms with Crippen LogP contribution in [0.5, 0.6) is 0 Å². The zero-order chi connectivity index (χ0) is 21.3. The summed E-state index contributed by atoms with van der Waals surface area (Å²) < 4.78 is 5.83. The second-order valence-electron chi connectivity index (χ2n) is 7.87. The molecule has 0 unspecified atom stereocenters. The molecule has 5 nitrogen and oxygen atoms in total. The Morgan fingerprint density at radius 3 is 2.60 bits per heavy atom. The predicted molar refractivity (Wildman–Crippen MR) is 120 cm³/mol. The normalized spacial score (nSPS) is 16.4. The van der Waals surface area contributed by atoms with Gasteiger partial charge >= 0.3 is 5.97 Å². The minimum absolute atomic E-state index is 0.0244. The largest absolute Gasteiger partial charge is 0.477 e. The fraction of sp³-hybridized carbons (Fsp3) is 0.500. The maximum absolute atomic E-state index is 12.5. The van der Waals surface area contributed by atoms with E-state index in [9.17, 15) is 9.59 Å². The zero-order valence-corrected chi connectivity index (χ0v) is 18.5. The van der Waals surface area contributed by atoms with E-state index < -0.39 is 5.97 Å². The maximum atomic E-state index is 12.5. The van der Waals surface area contributed by atoms with Crippen LogP contribution in [0.2, 0.25) is 0 Å². The summed E-state index contributed by atoms with van der Waals surface area (Å²) in [6.07, 6.45) is 8.78. The smallest absolute Gasteiger partial charge is 0.345 e. The molecular formula is C24H31NO4S. The fourth-order valence-corrected chi connectivity index (χ4v) is 4.66. The number of amides is 1. The van der Waals surface area contributed by atoms with Gasteiger partial charge in [0, 0.05) is 17.0 Å². The van der Waals surface area contributed by atoms with Crippen molar-refractivity contribution < 1.29 is 19.4 Å². The summed E-state index contributed by atoms with van der Waals surface area (Å²) in [6, 6.07) is 11.8. The first-order valence-corrected chi connectivity index (χ1v) is 11.7. The summed E-state index contributed by atoms with van der Waals surface area (Å²) in [5.41, 5.74) is 2.26. The number of aryl methyl sites for hydroxylation is 1. The highest BCUT2D eigenvalue weighted by molar-refractivity contribution is 7.13. The van der Waals surface area contributed by atoms with Crippen molar-refractivity contribution in [3.63, 3.8) is 0 Å². The third-order valence-corrected chi connectivity index (χ3v) is 6.58. The van der Waals surface area contributed by atoms with Crippen molar-refractivity contribution in [1.29, 1.82) is 0 Å². The van der Waals surface area contributed by atoms with E-state index in [-0.39, 0.29) is 11.9 Å². The molecule has 1 aliphatic heterocycles. The van der Waals surface area contributed by atoms with E-state index in [4.69, 9.17) is 9.84 Å². The van der Waals surface area contributed by atoms with Gasteiger partial charge in [0.25, 0.3) is 0 Å². The highest BCUT2D eigenvalue weighted by Gasteiger charge is 2.32. The van der Waals surface area contributed by atoms with Gasteiger partial charge in [0.05, 0.1) is 19.3 Å². The number of rotatable bonds is 12. The lowest BCUT2D eigenvalue weighted by atomic mass is 10.0. The van der Waals surface area contributed by atoms with E-state index in [0.717, 1.165) is 23.4 Å². The Labute approximate surface area is 182 Å². The van der Waals surface area contributed by atoms with Crippen LogP contribution in [-0.4, -0.2) is 29.6 Å². The number of benzene rings is 1. The number of hydrogen-bond donors (Lipinski definition) is 1. The molecule has 0 saturated carbocycles. The molecule has 0 radical (unpaired) electrons. The minimum Gasteiger partial charge on any atom is -0.477 e. The lowest BCUT2D eigenvalue weighted by molar-refractivity contribution is -0.117. The van der Waals surface area contributed by atoms with Crippen LogP contribution >= 0.6 is 11.3 Å². The third kappa shape index (κ3) is 6.16. The quantitative estimate of drug-likeness (QED) is 0.441. The third-order valence-electron chi connectivity index (χ3n) is 5.54.